The number of nitrogens with one attached hydrogen (secondary N) is 1. The van der Waals surface area contributed by atoms with Crippen molar-refractivity contribution in [2.75, 3.05) is 6.61 Å². The van der Waals surface area contributed by atoms with Crippen LogP contribution in [0.15, 0.2) is 54.6 Å². The molecule has 0 aromatic heterocycles. The molecular weight excluding hydrogens is 306 g/mol. The monoisotopic (exact) mass is 327 g/mol. The lowest BCUT2D eigenvalue weighted by atomic mass is 10.1. The fourth-order valence-electron chi connectivity index (χ4n) is 2.22. The van der Waals surface area contributed by atoms with E-state index in [1.54, 1.807) is 0 Å². The number of para-hydroxylation sites is 1. The average molecular weight is 327 g/mol. The van der Waals surface area contributed by atoms with E-state index >= 15 is 0 Å². The average Bonchev–Trinajstić information content (AvgIpc) is 2.60. The summed E-state index contributed by atoms with van der Waals surface area (Å²) in [5.74, 6) is -0.529. The van der Waals surface area contributed by atoms with Crippen molar-refractivity contribution in [2.24, 2.45) is 0 Å². The van der Waals surface area contributed by atoms with Crippen LogP contribution in [0.25, 0.3) is 0 Å². The highest BCUT2D eigenvalue weighted by atomic mass is 16.5. The second kappa shape index (κ2) is 9.35. The molecule has 2 rings (SSSR count). The van der Waals surface area contributed by atoms with Crippen molar-refractivity contribution in [1.29, 1.82) is 0 Å². The van der Waals surface area contributed by atoms with Crippen LogP contribution in [0.5, 0.6) is 5.75 Å². The van der Waals surface area contributed by atoms with Crippen LogP contribution in [-0.2, 0) is 22.6 Å². The van der Waals surface area contributed by atoms with Gasteiger partial charge in [-0.25, -0.2) is 0 Å². The van der Waals surface area contributed by atoms with Crippen LogP contribution in [0, 0.1) is 0 Å². The third-order valence-electron chi connectivity index (χ3n) is 3.51. The molecule has 0 aliphatic rings. The first-order chi connectivity index (χ1) is 11.6. The Kier molecular flexibility index (Phi) is 6.83. The normalized spacial score (nSPS) is 10.2. The molecular formula is C19H21NO4. The Bertz CT molecular complexity index is 670. The maximum absolute atomic E-state index is 11.6. The third-order valence-corrected chi connectivity index (χ3v) is 3.51. The van der Waals surface area contributed by atoms with Gasteiger partial charge in [-0.05, 0) is 11.6 Å². The van der Waals surface area contributed by atoms with Crippen LogP contribution < -0.4 is 10.1 Å². The van der Waals surface area contributed by atoms with Crippen molar-refractivity contribution in [3.63, 3.8) is 0 Å². The molecule has 0 saturated carbocycles. The Labute approximate surface area is 141 Å². The molecule has 0 aliphatic heterocycles. The molecule has 2 aromatic rings. The number of ether oxygens (including phenoxy) is 1. The summed E-state index contributed by atoms with van der Waals surface area (Å²) < 4.78 is 5.83. The van der Waals surface area contributed by atoms with Crippen LogP contribution in [0.2, 0.25) is 0 Å². The first kappa shape index (κ1) is 17.5. The van der Waals surface area contributed by atoms with Crippen molar-refractivity contribution in [3.05, 3.63) is 65.7 Å². The molecule has 0 saturated heterocycles. The van der Waals surface area contributed by atoms with Crippen LogP contribution in [0.3, 0.4) is 0 Å². The maximum atomic E-state index is 11.6. The molecule has 0 spiro atoms. The zero-order valence-corrected chi connectivity index (χ0v) is 13.4. The minimum atomic E-state index is -0.977. The Morgan fingerprint density at radius 1 is 0.958 bits per heavy atom. The molecule has 1 amide bonds. The van der Waals surface area contributed by atoms with E-state index in [1.165, 1.54) is 5.56 Å². The number of carboxylic acids is 1. The first-order valence-corrected chi connectivity index (χ1v) is 7.88. The highest BCUT2D eigenvalue weighted by molar-refractivity contribution is 5.80. The number of benzene rings is 2. The van der Waals surface area contributed by atoms with E-state index in [1.807, 2.05) is 42.5 Å². The number of rotatable bonds is 9. The van der Waals surface area contributed by atoms with E-state index in [-0.39, 0.29) is 18.7 Å². The number of hydrogen-bond donors (Lipinski definition) is 2. The molecule has 0 heterocycles. The van der Waals surface area contributed by atoms with E-state index < -0.39 is 5.97 Å². The summed E-state index contributed by atoms with van der Waals surface area (Å²) in [6.45, 7) is 0.869. The number of aliphatic carboxylic acids is 1. The van der Waals surface area contributed by atoms with Crippen molar-refractivity contribution >= 4 is 11.9 Å². The van der Waals surface area contributed by atoms with Crippen LogP contribution in [0.4, 0.5) is 0 Å². The molecule has 0 bridgehead atoms. The summed E-state index contributed by atoms with van der Waals surface area (Å²) in [6, 6.07) is 17.6. The fourth-order valence-corrected chi connectivity index (χ4v) is 2.22. The second-order valence-electron chi connectivity index (χ2n) is 5.36. The quantitative estimate of drug-likeness (QED) is 0.742. The predicted molar refractivity (Wildman–Crippen MR) is 90.8 cm³/mol. The molecule has 0 aliphatic carbocycles. The molecule has 2 aromatic carbocycles. The largest absolute Gasteiger partial charge is 0.493 e. The molecule has 126 valence electrons. The van der Waals surface area contributed by atoms with Gasteiger partial charge in [0.2, 0.25) is 5.91 Å². The second-order valence-corrected chi connectivity index (χ2v) is 5.36. The van der Waals surface area contributed by atoms with Gasteiger partial charge in [-0.2, -0.15) is 0 Å². The fraction of sp³-hybridized carbons (Fsp3) is 0.263. The summed E-state index contributed by atoms with van der Waals surface area (Å²) in [5.41, 5.74) is 2.08. The molecule has 24 heavy (non-hydrogen) atoms. The van der Waals surface area contributed by atoms with Gasteiger partial charge in [0.05, 0.1) is 13.0 Å². The molecule has 5 nitrogen and oxygen atoms in total. The Morgan fingerprint density at radius 2 is 1.67 bits per heavy atom. The minimum absolute atomic E-state index is 0.0215. The third kappa shape index (κ3) is 6.12. The smallest absolute Gasteiger partial charge is 0.303 e. The van der Waals surface area contributed by atoms with Crippen molar-refractivity contribution < 1.29 is 19.4 Å². The van der Waals surface area contributed by atoms with Gasteiger partial charge in [0.25, 0.3) is 0 Å². The molecule has 0 radical (unpaired) electrons. The number of carbonyl (C=O) groups excluding carboxylic acids is 1. The van der Waals surface area contributed by atoms with Gasteiger partial charge in [0.1, 0.15) is 5.75 Å². The van der Waals surface area contributed by atoms with E-state index in [2.05, 4.69) is 17.4 Å². The summed E-state index contributed by atoms with van der Waals surface area (Å²) >= 11 is 0. The zero-order valence-electron chi connectivity index (χ0n) is 13.4. The van der Waals surface area contributed by atoms with Crippen molar-refractivity contribution in [3.8, 4) is 5.75 Å². The van der Waals surface area contributed by atoms with E-state index in [4.69, 9.17) is 9.84 Å². The van der Waals surface area contributed by atoms with E-state index in [0.717, 1.165) is 17.7 Å². The van der Waals surface area contributed by atoms with Gasteiger partial charge in [0.15, 0.2) is 0 Å². The summed E-state index contributed by atoms with van der Waals surface area (Å²) in [7, 11) is 0. The van der Waals surface area contributed by atoms with E-state index in [9.17, 15) is 9.59 Å². The molecule has 0 atom stereocenters. The van der Waals surface area contributed by atoms with E-state index in [0.29, 0.717) is 13.2 Å². The lowest BCUT2D eigenvalue weighted by Crippen LogP contribution is -2.23. The van der Waals surface area contributed by atoms with Crippen LogP contribution in [-0.4, -0.2) is 23.6 Å². The Morgan fingerprint density at radius 3 is 2.42 bits per heavy atom. The summed E-state index contributed by atoms with van der Waals surface area (Å²) in [4.78, 5) is 22.1. The molecule has 2 N–H and O–H groups in total. The standard InChI is InChI=1S/C19H21NO4/c21-18(10-11-19(22)23)20-14-16-8-4-5-9-17(16)24-13-12-15-6-2-1-3-7-15/h1-9H,10-14H2,(H,20,21)(H,22,23). The highest BCUT2D eigenvalue weighted by Gasteiger charge is 2.07. The van der Waals surface area contributed by atoms with Gasteiger partial charge in [-0.15, -0.1) is 0 Å². The lowest BCUT2D eigenvalue weighted by molar-refractivity contribution is -0.138. The van der Waals surface area contributed by atoms with Crippen LogP contribution in [0.1, 0.15) is 24.0 Å². The number of carbonyl (C=O) groups is 2. The summed E-state index contributed by atoms with van der Waals surface area (Å²) in [5, 5.41) is 11.3. The number of amides is 1. The SMILES string of the molecule is O=C(O)CCC(=O)NCc1ccccc1OCCc1ccccc1. The Hall–Kier alpha value is -2.82. The molecule has 0 fully saturated rings. The van der Waals surface area contributed by atoms with Gasteiger partial charge in [0, 0.05) is 24.9 Å². The van der Waals surface area contributed by atoms with Gasteiger partial charge >= 0.3 is 5.97 Å². The first-order valence-electron chi connectivity index (χ1n) is 7.88. The highest BCUT2D eigenvalue weighted by Crippen LogP contribution is 2.18. The molecule has 0 unspecified atom stereocenters. The van der Waals surface area contributed by atoms with Gasteiger partial charge in [-0.3, -0.25) is 9.59 Å². The topological polar surface area (TPSA) is 75.6 Å². The van der Waals surface area contributed by atoms with Crippen molar-refractivity contribution in [2.45, 2.75) is 25.8 Å². The van der Waals surface area contributed by atoms with Crippen LogP contribution >= 0.6 is 0 Å². The number of carboxylic acid groups (broad SMARTS) is 1. The van der Waals surface area contributed by atoms with Gasteiger partial charge in [-0.1, -0.05) is 48.5 Å². The molecule has 5 heteroatoms. The lowest BCUT2D eigenvalue weighted by Gasteiger charge is -2.12. The van der Waals surface area contributed by atoms with Crippen molar-refractivity contribution in [1.82, 2.24) is 5.32 Å². The predicted octanol–water partition coefficient (Wildman–Crippen LogP) is 2.79. The zero-order chi connectivity index (χ0) is 17.2. The maximum Gasteiger partial charge on any atom is 0.303 e. The number of hydrogen-bond acceptors (Lipinski definition) is 3. The Balaban J connectivity index is 1.83. The summed E-state index contributed by atoms with van der Waals surface area (Å²) in [6.07, 6.45) is 0.619. The van der Waals surface area contributed by atoms with Gasteiger partial charge < -0.3 is 15.2 Å². The minimum Gasteiger partial charge on any atom is -0.493 e.